The summed E-state index contributed by atoms with van der Waals surface area (Å²) in [7, 11) is 0. The number of carbonyl (C=O) groups excluding carboxylic acids is 1. The van der Waals surface area contributed by atoms with Gasteiger partial charge in [0.25, 0.3) is 5.91 Å². The molecule has 1 fully saturated rings. The van der Waals surface area contributed by atoms with Gasteiger partial charge in [-0.2, -0.15) is 0 Å². The first-order valence-electron chi connectivity index (χ1n) is 15.9. The van der Waals surface area contributed by atoms with Crippen molar-refractivity contribution in [3.8, 4) is 0 Å². The molecule has 0 aliphatic carbocycles. The van der Waals surface area contributed by atoms with Gasteiger partial charge in [0.05, 0.1) is 25.4 Å². The molecule has 8 atom stereocenters. The zero-order valence-electron chi connectivity index (χ0n) is 25.4. The van der Waals surface area contributed by atoms with Crippen LogP contribution in [0.3, 0.4) is 0 Å². The summed E-state index contributed by atoms with van der Waals surface area (Å²) in [4.78, 5) is 13.0. The van der Waals surface area contributed by atoms with Crippen LogP contribution in [0.5, 0.6) is 0 Å². The molecule has 242 valence electrons. The Hall–Kier alpha value is -1.63. The van der Waals surface area contributed by atoms with E-state index in [4.69, 9.17) is 9.47 Å². The van der Waals surface area contributed by atoms with E-state index < -0.39 is 61.5 Å². The van der Waals surface area contributed by atoms with Crippen LogP contribution in [-0.4, -0.2) is 98.7 Å². The fourth-order valence-corrected chi connectivity index (χ4v) is 5.34. The average Bonchev–Trinajstić information content (AvgIpc) is 2.99. The van der Waals surface area contributed by atoms with E-state index in [-0.39, 0.29) is 6.61 Å². The third kappa shape index (κ3) is 12.2. The van der Waals surface area contributed by atoms with Crippen molar-refractivity contribution in [2.45, 2.75) is 146 Å². The number of amides is 1. The minimum atomic E-state index is -1.63. The molecule has 7 N–H and O–H groups in total. The quantitative estimate of drug-likeness (QED) is 0.105. The van der Waals surface area contributed by atoms with Crippen LogP contribution in [0, 0.1) is 6.92 Å². The molecule has 1 aromatic carbocycles. The molecule has 1 aromatic rings. The van der Waals surface area contributed by atoms with Gasteiger partial charge in [-0.05, 0) is 25.0 Å². The molecule has 10 nitrogen and oxygen atoms in total. The van der Waals surface area contributed by atoms with Crippen LogP contribution in [0.1, 0.15) is 106 Å². The topological polar surface area (TPSA) is 169 Å². The molecule has 0 radical (unpaired) electrons. The van der Waals surface area contributed by atoms with E-state index in [1.807, 2.05) is 0 Å². The maximum atomic E-state index is 13.0. The number of hydrogen-bond acceptors (Lipinski definition) is 9. The molecule has 3 unspecified atom stereocenters. The molecule has 1 aliphatic heterocycles. The Kier molecular flexibility index (Phi) is 17.7. The zero-order chi connectivity index (χ0) is 30.9. The Bertz CT molecular complexity index is 870. The third-order valence-corrected chi connectivity index (χ3v) is 8.15. The molecule has 42 heavy (non-hydrogen) atoms. The highest BCUT2D eigenvalue weighted by molar-refractivity contribution is 5.95. The van der Waals surface area contributed by atoms with Crippen molar-refractivity contribution in [3.05, 3.63) is 35.4 Å². The van der Waals surface area contributed by atoms with Gasteiger partial charge in [0.1, 0.15) is 30.5 Å². The minimum Gasteiger partial charge on any atom is -0.394 e. The molecule has 0 bridgehead atoms. The van der Waals surface area contributed by atoms with Gasteiger partial charge < -0.3 is 45.4 Å². The molecule has 1 heterocycles. The first-order chi connectivity index (χ1) is 20.2. The summed E-state index contributed by atoms with van der Waals surface area (Å²) in [6.45, 7) is 3.04. The molecule has 0 saturated carbocycles. The van der Waals surface area contributed by atoms with Gasteiger partial charge in [0, 0.05) is 5.56 Å². The standard InChI is InChI=1S/C32H55NO9/c1-3-4-5-6-7-8-9-10-11-12-13-14-19-25(35)27(36)24(33-31(40)23-18-16-15-17-22(23)2)21-41-32-30(39)29(38)28(37)26(20-34)42-32/h15-18,24-30,32,34-39H,3-14,19-21H2,1-2H3,(H,33,40)/t24?,25?,26-,27?,28+,29+,30-,32-/m1/s1. The third-order valence-electron chi connectivity index (χ3n) is 8.15. The highest BCUT2D eigenvalue weighted by Gasteiger charge is 2.44. The lowest BCUT2D eigenvalue weighted by Crippen LogP contribution is -2.60. The van der Waals surface area contributed by atoms with Crippen LogP contribution >= 0.6 is 0 Å². The zero-order valence-corrected chi connectivity index (χ0v) is 25.4. The van der Waals surface area contributed by atoms with E-state index in [1.54, 1.807) is 31.2 Å². The van der Waals surface area contributed by atoms with Crippen LogP contribution < -0.4 is 5.32 Å². The van der Waals surface area contributed by atoms with Crippen molar-refractivity contribution in [2.75, 3.05) is 13.2 Å². The number of aliphatic hydroxyl groups is 6. The number of ether oxygens (including phenoxy) is 2. The van der Waals surface area contributed by atoms with Crippen molar-refractivity contribution >= 4 is 5.91 Å². The molecule has 1 amide bonds. The second-order valence-electron chi connectivity index (χ2n) is 11.7. The monoisotopic (exact) mass is 597 g/mol. The van der Waals surface area contributed by atoms with Gasteiger partial charge in [0.15, 0.2) is 6.29 Å². The first-order valence-corrected chi connectivity index (χ1v) is 15.9. The predicted molar refractivity (Wildman–Crippen MR) is 160 cm³/mol. The Morgan fingerprint density at radius 2 is 1.45 bits per heavy atom. The molecule has 0 spiro atoms. The van der Waals surface area contributed by atoms with Crippen LogP contribution in [0.2, 0.25) is 0 Å². The maximum Gasteiger partial charge on any atom is 0.251 e. The maximum absolute atomic E-state index is 13.0. The van der Waals surface area contributed by atoms with Crippen LogP contribution in [0.15, 0.2) is 24.3 Å². The summed E-state index contributed by atoms with van der Waals surface area (Å²) in [5, 5.41) is 64.4. The molecular formula is C32H55NO9. The summed E-state index contributed by atoms with van der Waals surface area (Å²) in [6.07, 6.45) is 4.64. The summed E-state index contributed by atoms with van der Waals surface area (Å²) >= 11 is 0. The van der Waals surface area contributed by atoms with Crippen LogP contribution in [-0.2, 0) is 9.47 Å². The van der Waals surface area contributed by atoms with Crippen LogP contribution in [0.4, 0.5) is 0 Å². The number of hydrogen-bond donors (Lipinski definition) is 7. The lowest BCUT2D eigenvalue weighted by atomic mass is 9.98. The van der Waals surface area contributed by atoms with E-state index in [0.717, 1.165) is 31.2 Å². The molecule has 10 heteroatoms. The van der Waals surface area contributed by atoms with E-state index in [0.29, 0.717) is 12.0 Å². The predicted octanol–water partition coefficient (Wildman–Crippen LogP) is 2.72. The normalized spacial score (nSPS) is 24.7. The second kappa shape index (κ2) is 20.3. The highest BCUT2D eigenvalue weighted by Crippen LogP contribution is 2.23. The van der Waals surface area contributed by atoms with Gasteiger partial charge in [-0.3, -0.25) is 4.79 Å². The molecule has 2 rings (SSSR count). The Labute approximate surface area is 251 Å². The second-order valence-corrected chi connectivity index (χ2v) is 11.7. The van der Waals surface area contributed by atoms with Gasteiger partial charge in [-0.25, -0.2) is 0 Å². The molecule has 1 saturated heterocycles. The lowest BCUT2D eigenvalue weighted by Gasteiger charge is -2.40. The molecular weight excluding hydrogens is 542 g/mol. The number of rotatable bonds is 21. The minimum absolute atomic E-state index is 0.343. The Morgan fingerprint density at radius 3 is 2.02 bits per heavy atom. The van der Waals surface area contributed by atoms with E-state index in [1.165, 1.54) is 51.4 Å². The lowest BCUT2D eigenvalue weighted by molar-refractivity contribution is -0.303. The SMILES string of the molecule is CCCCCCCCCCCCCCC(O)C(O)C(CO[C@@H]1O[C@H](CO)[C@H](O)[C@H](O)[C@H]1O)NC(=O)c1ccccc1C. The number of aliphatic hydroxyl groups excluding tert-OH is 6. The average molecular weight is 598 g/mol. The van der Waals surface area contributed by atoms with Crippen molar-refractivity contribution in [2.24, 2.45) is 0 Å². The number of unbranched alkanes of at least 4 members (excludes halogenated alkanes) is 11. The largest absolute Gasteiger partial charge is 0.394 e. The smallest absolute Gasteiger partial charge is 0.251 e. The number of carbonyl (C=O) groups is 1. The first kappa shape index (κ1) is 36.6. The fraction of sp³-hybridized carbons (Fsp3) is 0.781. The Morgan fingerprint density at radius 1 is 0.881 bits per heavy atom. The van der Waals surface area contributed by atoms with Gasteiger partial charge in [-0.1, -0.05) is 102 Å². The summed E-state index contributed by atoms with van der Waals surface area (Å²) in [5.41, 5.74) is 1.13. The van der Waals surface area contributed by atoms with E-state index in [2.05, 4.69) is 12.2 Å². The Balaban J connectivity index is 1.87. The van der Waals surface area contributed by atoms with E-state index in [9.17, 15) is 35.4 Å². The van der Waals surface area contributed by atoms with E-state index >= 15 is 0 Å². The number of benzene rings is 1. The van der Waals surface area contributed by atoms with Gasteiger partial charge in [0.2, 0.25) is 0 Å². The summed E-state index contributed by atoms with van der Waals surface area (Å²) in [5.74, 6) is -0.466. The summed E-state index contributed by atoms with van der Waals surface area (Å²) < 4.78 is 11.0. The van der Waals surface area contributed by atoms with Gasteiger partial charge in [-0.15, -0.1) is 0 Å². The van der Waals surface area contributed by atoms with Crippen molar-refractivity contribution in [1.82, 2.24) is 5.32 Å². The molecule has 0 aromatic heterocycles. The molecule has 1 aliphatic rings. The summed E-state index contributed by atoms with van der Waals surface area (Å²) in [6, 6.07) is 5.89. The van der Waals surface area contributed by atoms with Crippen molar-refractivity contribution < 1.29 is 44.9 Å². The van der Waals surface area contributed by atoms with Crippen molar-refractivity contribution in [3.63, 3.8) is 0 Å². The van der Waals surface area contributed by atoms with Crippen LogP contribution in [0.25, 0.3) is 0 Å². The highest BCUT2D eigenvalue weighted by atomic mass is 16.7. The number of aryl methyl sites for hydroxylation is 1. The van der Waals surface area contributed by atoms with Gasteiger partial charge >= 0.3 is 0 Å². The fourth-order valence-electron chi connectivity index (χ4n) is 5.34. The number of nitrogens with one attached hydrogen (secondary N) is 1. The van der Waals surface area contributed by atoms with Crippen molar-refractivity contribution in [1.29, 1.82) is 0 Å².